The minimum atomic E-state index is -0.103. The zero-order chi connectivity index (χ0) is 14.7. The van der Waals surface area contributed by atoms with Gasteiger partial charge in [-0.3, -0.25) is 4.79 Å². The van der Waals surface area contributed by atoms with Crippen molar-refractivity contribution in [3.63, 3.8) is 0 Å². The van der Waals surface area contributed by atoms with Crippen LogP contribution in [0.25, 0.3) is 0 Å². The Hall–Kier alpha value is -1.59. The summed E-state index contributed by atoms with van der Waals surface area (Å²) in [6.07, 6.45) is 0.889. The fraction of sp³-hybridized carbons (Fsp3) is 0.562. The first kappa shape index (κ1) is 14.4. The van der Waals surface area contributed by atoms with Gasteiger partial charge >= 0.3 is 0 Å². The molecule has 0 radical (unpaired) electrons. The Morgan fingerprint density at radius 3 is 3.00 bits per heavy atom. The first-order valence-corrected chi connectivity index (χ1v) is 7.61. The zero-order valence-electron chi connectivity index (χ0n) is 12.3. The van der Waals surface area contributed by atoms with E-state index in [4.69, 9.17) is 9.47 Å². The van der Waals surface area contributed by atoms with Crippen LogP contribution in [0.3, 0.4) is 0 Å². The topological polar surface area (TPSA) is 59.6 Å². The van der Waals surface area contributed by atoms with E-state index in [1.807, 2.05) is 25.1 Å². The summed E-state index contributed by atoms with van der Waals surface area (Å²) < 4.78 is 11.2. The van der Waals surface area contributed by atoms with E-state index >= 15 is 0 Å². The number of hydrogen-bond acceptors (Lipinski definition) is 4. The number of likely N-dealkylation sites (N-methyl/N-ethyl adjacent to an activating group) is 1. The van der Waals surface area contributed by atoms with Crippen molar-refractivity contribution in [3.8, 4) is 5.75 Å². The third kappa shape index (κ3) is 3.19. The average molecular weight is 290 g/mol. The molecular weight excluding hydrogens is 268 g/mol. The molecule has 2 heterocycles. The number of carbonyl (C=O) groups is 1. The molecule has 1 amide bonds. The highest BCUT2D eigenvalue weighted by Gasteiger charge is 2.34. The minimum absolute atomic E-state index is 0.0336. The van der Waals surface area contributed by atoms with Gasteiger partial charge < -0.3 is 20.1 Å². The quantitative estimate of drug-likeness (QED) is 0.839. The van der Waals surface area contributed by atoms with E-state index in [-0.39, 0.29) is 24.0 Å². The molecule has 2 N–H and O–H groups in total. The van der Waals surface area contributed by atoms with Crippen molar-refractivity contribution in [2.45, 2.75) is 25.5 Å². The van der Waals surface area contributed by atoms with Gasteiger partial charge in [-0.1, -0.05) is 25.1 Å². The molecule has 0 aromatic heterocycles. The number of hydrogen-bond donors (Lipinski definition) is 2. The van der Waals surface area contributed by atoms with Crippen molar-refractivity contribution in [3.05, 3.63) is 29.8 Å². The Morgan fingerprint density at radius 2 is 2.19 bits per heavy atom. The maximum atomic E-state index is 12.3. The predicted molar refractivity (Wildman–Crippen MR) is 79.3 cm³/mol. The summed E-state index contributed by atoms with van der Waals surface area (Å²) >= 11 is 0. The van der Waals surface area contributed by atoms with Crippen molar-refractivity contribution >= 4 is 5.91 Å². The van der Waals surface area contributed by atoms with Crippen LogP contribution in [-0.2, 0) is 16.0 Å². The number of nitrogens with one attached hydrogen (secondary N) is 2. The van der Waals surface area contributed by atoms with Crippen molar-refractivity contribution in [2.24, 2.45) is 5.92 Å². The Kier molecular flexibility index (Phi) is 4.41. The molecule has 3 unspecified atom stereocenters. The fourth-order valence-corrected chi connectivity index (χ4v) is 2.99. The monoisotopic (exact) mass is 290 g/mol. The summed E-state index contributed by atoms with van der Waals surface area (Å²) in [6.45, 7) is 4.53. The number of fused-ring (bicyclic) bond motifs is 1. The number of ether oxygens (including phenoxy) is 2. The summed E-state index contributed by atoms with van der Waals surface area (Å²) in [5, 5.41) is 6.31. The van der Waals surface area contributed by atoms with Crippen LogP contribution in [0.5, 0.6) is 5.75 Å². The SMILES string of the molecule is CCNC1COCC1C(=O)NCC1Cc2ccccc2O1. The lowest BCUT2D eigenvalue weighted by molar-refractivity contribution is -0.125. The van der Waals surface area contributed by atoms with Crippen molar-refractivity contribution in [1.82, 2.24) is 10.6 Å². The van der Waals surface area contributed by atoms with Gasteiger partial charge in [0.2, 0.25) is 5.91 Å². The first-order chi connectivity index (χ1) is 10.3. The number of para-hydroxylation sites is 1. The third-order valence-electron chi connectivity index (χ3n) is 4.10. The lowest BCUT2D eigenvalue weighted by Gasteiger charge is -2.19. The van der Waals surface area contributed by atoms with Gasteiger partial charge in [-0.25, -0.2) is 0 Å². The van der Waals surface area contributed by atoms with E-state index in [9.17, 15) is 4.79 Å². The molecule has 21 heavy (non-hydrogen) atoms. The van der Waals surface area contributed by atoms with Crippen molar-refractivity contribution in [2.75, 3.05) is 26.3 Å². The van der Waals surface area contributed by atoms with Gasteiger partial charge in [0.25, 0.3) is 0 Å². The van der Waals surface area contributed by atoms with E-state index in [1.165, 1.54) is 5.56 Å². The number of benzene rings is 1. The zero-order valence-corrected chi connectivity index (χ0v) is 12.3. The summed E-state index contributed by atoms with van der Waals surface area (Å²) in [5.74, 6) is 0.887. The van der Waals surface area contributed by atoms with Crippen molar-refractivity contribution < 1.29 is 14.3 Å². The van der Waals surface area contributed by atoms with E-state index in [0.29, 0.717) is 19.8 Å². The van der Waals surface area contributed by atoms with Crippen LogP contribution in [0.4, 0.5) is 0 Å². The summed E-state index contributed by atoms with van der Waals surface area (Å²) in [5.41, 5.74) is 1.21. The molecule has 5 heteroatoms. The molecule has 1 fully saturated rings. The van der Waals surface area contributed by atoms with Gasteiger partial charge in [-0.2, -0.15) is 0 Å². The van der Waals surface area contributed by atoms with E-state index in [0.717, 1.165) is 18.7 Å². The van der Waals surface area contributed by atoms with Gasteiger partial charge in [-0.05, 0) is 18.2 Å². The molecule has 1 aromatic rings. The molecule has 1 aromatic carbocycles. The lowest BCUT2D eigenvalue weighted by Crippen LogP contribution is -2.46. The van der Waals surface area contributed by atoms with Gasteiger partial charge in [-0.15, -0.1) is 0 Å². The van der Waals surface area contributed by atoms with Crippen LogP contribution in [-0.4, -0.2) is 44.4 Å². The van der Waals surface area contributed by atoms with E-state index in [1.54, 1.807) is 0 Å². The van der Waals surface area contributed by atoms with Gasteiger partial charge in [0.05, 0.1) is 25.7 Å². The van der Waals surface area contributed by atoms with Crippen LogP contribution in [0.2, 0.25) is 0 Å². The van der Waals surface area contributed by atoms with Crippen LogP contribution in [0.15, 0.2) is 24.3 Å². The molecule has 2 aliphatic rings. The molecule has 2 aliphatic heterocycles. The highest BCUT2D eigenvalue weighted by Crippen LogP contribution is 2.27. The smallest absolute Gasteiger partial charge is 0.227 e. The Bertz CT molecular complexity index is 481. The van der Waals surface area contributed by atoms with Gasteiger partial charge in [0.15, 0.2) is 0 Å². The Balaban J connectivity index is 1.49. The van der Waals surface area contributed by atoms with E-state index < -0.39 is 0 Å². The summed E-state index contributed by atoms with van der Waals surface area (Å²) in [7, 11) is 0. The maximum absolute atomic E-state index is 12.3. The molecule has 0 bridgehead atoms. The molecule has 0 aliphatic carbocycles. The molecule has 3 atom stereocenters. The largest absolute Gasteiger partial charge is 0.488 e. The summed E-state index contributed by atoms with van der Waals surface area (Å²) in [4.78, 5) is 12.3. The minimum Gasteiger partial charge on any atom is -0.488 e. The molecule has 1 saturated heterocycles. The second-order valence-electron chi connectivity index (χ2n) is 5.60. The standard InChI is InChI=1S/C16H22N2O3/c1-2-17-14-10-20-9-13(14)16(19)18-8-12-7-11-5-3-4-6-15(11)21-12/h3-6,12-14,17H,2,7-10H2,1H3,(H,18,19). The molecule has 114 valence electrons. The van der Waals surface area contributed by atoms with Crippen molar-refractivity contribution in [1.29, 1.82) is 0 Å². The van der Waals surface area contributed by atoms with E-state index in [2.05, 4.69) is 16.7 Å². The normalized spacial score (nSPS) is 27.2. The molecular formula is C16H22N2O3. The van der Waals surface area contributed by atoms with Gasteiger partial charge in [0, 0.05) is 12.5 Å². The molecule has 0 saturated carbocycles. The second kappa shape index (κ2) is 6.45. The summed E-state index contributed by atoms with van der Waals surface area (Å²) in [6, 6.07) is 8.15. The molecule has 5 nitrogen and oxygen atoms in total. The fourth-order valence-electron chi connectivity index (χ4n) is 2.99. The van der Waals surface area contributed by atoms with Crippen LogP contribution >= 0.6 is 0 Å². The highest BCUT2D eigenvalue weighted by molar-refractivity contribution is 5.79. The Morgan fingerprint density at radius 1 is 1.33 bits per heavy atom. The third-order valence-corrected chi connectivity index (χ3v) is 4.10. The van der Waals surface area contributed by atoms with Crippen LogP contribution < -0.4 is 15.4 Å². The maximum Gasteiger partial charge on any atom is 0.227 e. The van der Waals surface area contributed by atoms with Crippen LogP contribution in [0.1, 0.15) is 12.5 Å². The predicted octanol–water partition coefficient (Wildman–Crippen LogP) is 0.731. The average Bonchev–Trinajstić information content (AvgIpc) is 3.11. The number of rotatable bonds is 5. The molecule has 3 rings (SSSR count). The van der Waals surface area contributed by atoms with Gasteiger partial charge in [0.1, 0.15) is 11.9 Å². The number of amides is 1. The lowest BCUT2D eigenvalue weighted by atomic mass is 10.0. The number of carbonyl (C=O) groups excluding carboxylic acids is 1. The highest BCUT2D eigenvalue weighted by atomic mass is 16.5. The Labute approximate surface area is 125 Å². The second-order valence-corrected chi connectivity index (χ2v) is 5.60. The van der Waals surface area contributed by atoms with Crippen LogP contribution in [0, 0.1) is 5.92 Å². The first-order valence-electron chi connectivity index (χ1n) is 7.61. The molecule has 0 spiro atoms.